The Bertz CT molecular complexity index is 1410. The fourth-order valence-electron chi connectivity index (χ4n) is 7.72. The first-order valence-corrected chi connectivity index (χ1v) is 14.2. The largest absolute Gasteiger partial charge is 0.510 e. The van der Waals surface area contributed by atoms with Crippen LogP contribution < -0.4 is 10.6 Å². The highest BCUT2D eigenvalue weighted by molar-refractivity contribution is 6.25. The molecule has 4 aliphatic rings. The zero-order chi connectivity index (χ0) is 30.0. The summed E-state index contributed by atoms with van der Waals surface area (Å²) in [5, 5.41) is 37.4. The van der Waals surface area contributed by atoms with Crippen LogP contribution in [-0.2, 0) is 22.4 Å². The van der Waals surface area contributed by atoms with Gasteiger partial charge in [0.1, 0.15) is 22.8 Å². The number of primary amides is 1. The number of amides is 1. The van der Waals surface area contributed by atoms with Crippen LogP contribution in [0.25, 0.3) is 0 Å². The summed E-state index contributed by atoms with van der Waals surface area (Å²) < 4.78 is 0. The lowest BCUT2D eigenvalue weighted by Crippen LogP contribution is -2.63. The SMILES string of the molecule is CN(C)c1cc(CCC2CCCC2)c(O)c2c1C[C@H]1C[C@H]3[C@H](N(C)C)C(O)=C(C(N)=O)C(=O)[C@@]3(O)C(N=O)=C1C2=O. The molecule has 0 aromatic heterocycles. The highest BCUT2D eigenvalue weighted by Gasteiger charge is 2.63. The van der Waals surface area contributed by atoms with Gasteiger partial charge in [-0.05, 0) is 74.0 Å². The minimum absolute atomic E-state index is 0.0395. The predicted octanol–water partition coefficient (Wildman–Crippen LogP) is 2.52. The molecule has 5 rings (SSSR count). The Morgan fingerprint density at radius 2 is 1.80 bits per heavy atom. The lowest BCUT2D eigenvalue weighted by Gasteiger charge is -2.50. The first-order chi connectivity index (χ1) is 19.3. The van der Waals surface area contributed by atoms with Gasteiger partial charge < -0.3 is 26.0 Å². The molecule has 5 N–H and O–H groups in total. The summed E-state index contributed by atoms with van der Waals surface area (Å²) in [6.07, 6.45) is 6.43. The van der Waals surface area contributed by atoms with Crippen molar-refractivity contribution in [2.24, 2.45) is 28.7 Å². The fourth-order valence-corrected chi connectivity index (χ4v) is 7.72. The van der Waals surface area contributed by atoms with E-state index in [0.29, 0.717) is 23.5 Å². The number of carbonyl (C=O) groups is 3. The zero-order valence-corrected chi connectivity index (χ0v) is 23.9. The Morgan fingerprint density at radius 1 is 1.15 bits per heavy atom. The van der Waals surface area contributed by atoms with Gasteiger partial charge in [-0.1, -0.05) is 25.7 Å². The molecule has 220 valence electrons. The number of nitrogens with two attached hydrogens (primary N) is 1. The number of nitroso groups, excluding NO2 is 1. The maximum atomic E-state index is 14.2. The highest BCUT2D eigenvalue weighted by Crippen LogP contribution is 2.54. The number of aliphatic hydroxyl groups excluding tert-OH is 1. The normalized spacial score (nSPS) is 28.1. The van der Waals surface area contributed by atoms with Crippen LogP contribution in [0.3, 0.4) is 0 Å². The number of Topliss-reactive ketones (excluding diaryl/α,β-unsaturated/α-hetero) is 2. The monoisotopic (exact) mass is 566 g/mol. The summed E-state index contributed by atoms with van der Waals surface area (Å²) in [7, 11) is 6.91. The molecule has 4 aliphatic carbocycles. The number of likely N-dealkylation sites (N-methyl/N-ethyl adjacent to an activating group) is 1. The number of phenolic OH excluding ortho intramolecular Hbond substituents is 1. The van der Waals surface area contributed by atoms with E-state index in [0.717, 1.165) is 24.9 Å². The van der Waals surface area contributed by atoms with Gasteiger partial charge in [0.2, 0.25) is 5.78 Å². The van der Waals surface area contributed by atoms with Crippen molar-refractivity contribution in [1.82, 2.24) is 4.90 Å². The van der Waals surface area contributed by atoms with Crippen LogP contribution in [0, 0.1) is 22.7 Å². The van der Waals surface area contributed by atoms with Crippen molar-refractivity contribution in [1.29, 1.82) is 0 Å². The third-order valence-corrected chi connectivity index (χ3v) is 9.65. The molecular weight excluding hydrogens is 528 g/mol. The van der Waals surface area contributed by atoms with Crippen LogP contribution in [0.1, 0.15) is 60.0 Å². The number of anilines is 1. The number of fused-ring (bicyclic) bond motifs is 3. The molecule has 0 bridgehead atoms. The molecule has 0 saturated heterocycles. The van der Waals surface area contributed by atoms with Crippen molar-refractivity contribution in [2.45, 2.75) is 63.0 Å². The Morgan fingerprint density at radius 3 is 2.37 bits per heavy atom. The van der Waals surface area contributed by atoms with Crippen molar-refractivity contribution >= 4 is 23.2 Å². The number of hydrogen-bond acceptors (Lipinski definition) is 10. The van der Waals surface area contributed by atoms with Gasteiger partial charge in [0.05, 0.1) is 11.6 Å². The van der Waals surface area contributed by atoms with Crippen molar-refractivity contribution in [3.05, 3.63) is 50.3 Å². The Labute approximate surface area is 238 Å². The van der Waals surface area contributed by atoms with Gasteiger partial charge in [-0.2, -0.15) is 0 Å². The quantitative estimate of drug-likeness (QED) is 0.286. The van der Waals surface area contributed by atoms with E-state index in [4.69, 9.17) is 5.73 Å². The molecule has 0 spiro atoms. The number of aliphatic hydroxyl groups is 2. The minimum Gasteiger partial charge on any atom is -0.510 e. The molecule has 1 aromatic rings. The minimum atomic E-state index is -2.66. The van der Waals surface area contributed by atoms with E-state index in [1.165, 1.54) is 17.7 Å². The lowest BCUT2D eigenvalue weighted by atomic mass is 9.58. The third kappa shape index (κ3) is 4.28. The second kappa shape index (κ2) is 10.4. The number of phenols is 1. The standard InChI is InChI=1S/C30H38N4O7/c1-33(2)19-13-15(10-9-14-7-5-6-8-14)24(35)21-17(19)11-16-12-18-23(34(3)4)26(37)22(29(31)39)28(38)30(18,40)27(32-41)20(16)25(21)36/h13-14,16,18,23,35,37,40H,5-12H2,1-4H3,(H2,31,39)/t16-,18-,23-,30-/m0/s1. The van der Waals surface area contributed by atoms with Crippen LogP contribution in [0.15, 0.2) is 33.8 Å². The van der Waals surface area contributed by atoms with Crippen molar-refractivity contribution in [3.8, 4) is 5.75 Å². The topological polar surface area (TPSA) is 174 Å². The fraction of sp³-hybridized carbons (Fsp3) is 0.567. The lowest BCUT2D eigenvalue weighted by molar-refractivity contribution is -0.144. The van der Waals surface area contributed by atoms with E-state index in [1.807, 2.05) is 25.1 Å². The van der Waals surface area contributed by atoms with Crippen molar-refractivity contribution in [3.63, 3.8) is 0 Å². The van der Waals surface area contributed by atoms with Crippen LogP contribution in [0.2, 0.25) is 0 Å². The smallest absolute Gasteiger partial charge is 0.255 e. The average Bonchev–Trinajstić information content (AvgIpc) is 3.41. The first-order valence-electron chi connectivity index (χ1n) is 14.2. The van der Waals surface area contributed by atoms with Crippen molar-refractivity contribution in [2.75, 3.05) is 33.1 Å². The summed E-state index contributed by atoms with van der Waals surface area (Å²) >= 11 is 0. The average molecular weight is 567 g/mol. The number of benzene rings is 1. The van der Waals surface area contributed by atoms with Gasteiger partial charge in [-0.15, -0.1) is 4.91 Å². The van der Waals surface area contributed by atoms with Crippen LogP contribution in [0.5, 0.6) is 5.75 Å². The summed E-state index contributed by atoms with van der Waals surface area (Å²) in [6.45, 7) is 0. The molecule has 0 aliphatic heterocycles. The van der Waals surface area contributed by atoms with Gasteiger partial charge in [0.25, 0.3) is 5.91 Å². The van der Waals surface area contributed by atoms with Crippen LogP contribution >= 0.6 is 0 Å². The van der Waals surface area contributed by atoms with E-state index < -0.39 is 58.0 Å². The predicted molar refractivity (Wildman–Crippen MR) is 151 cm³/mol. The number of rotatable bonds is 7. The maximum Gasteiger partial charge on any atom is 0.255 e. The summed E-state index contributed by atoms with van der Waals surface area (Å²) in [4.78, 5) is 55.9. The second-order valence-electron chi connectivity index (χ2n) is 12.4. The van der Waals surface area contributed by atoms with E-state index in [2.05, 4.69) is 5.18 Å². The van der Waals surface area contributed by atoms with E-state index in [9.17, 15) is 34.6 Å². The van der Waals surface area contributed by atoms with Crippen LogP contribution in [0.4, 0.5) is 5.69 Å². The number of nitrogens with zero attached hydrogens (tertiary/aromatic N) is 3. The Kier molecular flexibility index (Phi) is 7.31. The van der Waals surface area contributed by atoms with Crippen LogP contribution in [-0.4, -0.2) is 77.5 Å². The maximum absolute atomic E-state index is 14.2. The Hall–Kier alpha value is -3.57. The summed E-state index contributed by atoms with van der Waals surface area (Å²) in [5.74, 6) is -5.09. The number of carbonyl (C=O) groups excluding carboxylic acids is 3. The molecule has 4 atom stereocenters. The molecule has 1 fully saturated rings. The number of hydrogen-bond donors (Lipinski definition) is 4. The number of aromatic hydroxyl groups is 1. The summed E-state index contributed by atoms with van der Waals surface area (Å²) in [6, 6.07) is 0.874. The molecule has 1 saturated carbocycles. The Balaban J connectivity index is 1.69. The highest BCUT2D eigenvalue weighted by atomic mass is 16.3. The molecule has 41 heavy (non-hydrogen) atoms. The molecule has 11 heteroatoms. The van der Waals surface area contributed by atoms with E-state index in [1.54, 1.807) is 14.1 Å². The van der Waals surface area contributed by atoms with Gasteiger partial charge in [-0.3, -0.25) is 19.3 Å². The number of ketones is 2. The molecule has 1 aromatic carbocycles. The molecule has 0 radical (unpaired) electrons. The zero-order valence-electron chi connectivity index (χ0n) is 23.9. The molecule has 0 unspecified atom stereocenters. The van der Waals surface area contributed by atoms with E-state index >= 15 is 0 Å². The van der Waals surface area contributed by atoms with Gasteiger partial charge in [0, 0.05) is 31.3 Å². The van der Waals surface area contributed by atoms with Gasteiger partial charge >= 0.3 is 0 Å². The molecular formula is C30H38N4O7. The number of aryl methyl sites for hydroxylation is 1. The second-order valence-corrected chi connectivity index (χ2v) is 12.4. The van der Waals surface area contributed by atoms with Crippen molar-refractivity contribution < 1.29 is 29.7 Å². The number of allylic oxidation sites excluding steroid dienone is 1. The molecule has 1 amide bonds. The van der Waals surface area contributed by atoms with Gasteiger partial charge in [0.15, 0.2) is 11.4 Å². The molecule has 11 nitrogen and oxygen atoms in total. The first kappa shape index (κ1) is 28.9. The van der Waals surface area contributed by atoms with Gasteiger partial charge in [-0.25, -0.2) is 0 Å². The third-order valence-electron chi connectivity index (χ3n) is 9.65. The summed E-state index contributed by atoms with van der Waals surface area (Å²) in [5.41, 5.74) is 3.18. The molecule has 0 heterocycles. The van der Waals surface area contributed by atoms with E-state index in [-0.39, 0.29) is 29.7 Å².